The van der Waals surface area contributed by atoms with Gasteiger partial charge in [-0.2, -0.15) is 0 Å². The van der Waals surface area contributed by atoms with Crippen LogP contribution in [0.3, 0.4) is 0 Å². The van der Waals surface area contributed by atoms with E-state index < -0.39 is 95.6 Å². The van der Waals surface area contributed by atoms with E-state index in [4.69, 9.17) is 58.3 Å². The first-order valence-electron chi connectivity index (χ1n) is 24.5. The zero-order valence-corrected chi connectivity index (χ0v) is 48.4. The van der Waals surface area contributed by atoms with Gasteiger partial charge in [0.2, 0.25) is 35.7 Å². The van der Waals surface area contributed by atoms with E-state index in [2.05, 4.69) is 0 Å². The zero-order valence-electron chi connectivity index (χ0n) is 46.2. The molecule has 2 aliphatic heterocycles. The molecule has 83 heavy (non-hydrogen) atoms. The Labute approximate surface area is 529 Å². The summed E-state index contributed by atoms with van der Waals surface area (Å²) in [5, 5.41) is 86.6. The Morgan fingerprint density at radius 3 is 0.578 bits per heavy atom. The van der Waals surface area contributed by atoms with E-state index in [9.17, 15) is 78.0 Å². The minimum absolute atomic E-state index is 0. The van der Waals surface area contributed by atoms with Crippen LogP contribution in [-0.2, 0) is 95.4 Å². The van der Waals surface area contributed by atoms with Crippen LogP contribution < -0.4 is 79.4 Å². The molecule has 36 nitrogen and oxygen atoms in total. The van der Waals surface area contributed by atoms with Crippen LogP contribution in [0.4, 0.5) is 0 Å². The van der Waals surface area contributed by atoms with Crippen molar-refractivity contribution in [3.63, 3.8) is 0 Å². The van der Waals surface area contributed by atoms with Crippen molar-refractivity contribution in [2.75, 3.05) is 184 Å². The number of nitrogens with one attached hydrogen (secondary N) is 4. The molecular formula is C44H68CaLi2N8O28. The smallest absolute Gasteiger partial charge is 0.547 e. The molecule has 8 N–H and O–H groups in total. The molecule has 0 atom stereocenters. The van der Waals surface area contributed by atoms with Gasteiger partial charge in [0.1, 0.15) is 12.1 Å². The molecule has 0 aliphatic carbocycles. The second-order valence-corrected chi connectivity index (χ2v) is 16.6. The molecule has 0 aromatic rings. The summed E-state index contributed by atoms with van der Waals surface area (Å²) in [6, 6.07) is -8.71. The summed E-state index contributed by atoms with van der Waals surface area (Å²) in [6.07, 6.45) is 0. The topological polar surface area (TPSA) is 513 Å². The summed E-state index contributed by atoms with van der Waals surface area (Å²) in [5.41, 5.74) is 0. The predicted molar refractivity (Wildman–Crippen MR) is 256 cm³/mol. The van der Waals surface area contributed by atoms with Gasteiger partial charge in [-0.3, -0.25) is 38.8 Å². The van der Waals surface area contributed by atoms with Crippen LogP contribution in [0.15, 0.2) is 0 Å². The van der Waals surface area contributed by atoms with Crippen LogP contribution >= 0.6 is 0 Å². The number of nitrogens with zero attached hydrogens (tertiary/aromatic N) is 4. The van der Waals surface area contributed by atoms with E-state index in [1.165, 1.54) is 0 Å². The SMILES string of the molecule is O=C(CN1CCOCCOCCN(CC(=O)NC(C(=O)O)C(=O)O)CCOCCOCC1)NC(C(=O)[O-])C(=O)[O-].O=C(CN1CCOCCOCCN(CC(=O)NC(C(=O)O)C(=O)O)CCOCCOCC1)NC(C(=O)[O-])C(=O)[O-].[Ca+2].[Li+].[Li+]. The number of carboxylic acids is 8. The molecule has 2 aliphatic rings. The number of ether oxygens (including phenoxy) is 8. The molecule has 0 saturated carbocycles. The van der Waals surface area contributed by atoms with Crippen molar-refractivity contribution < 1.29 is 174 Å². The Morgan fingerprint density at radius 2 is 0.446 bits per heavy atom. The number of hydrogen-bond acceptors (Lipinski definition) is 28. The van der Waals surface area contributed by atoms with Gasteiger partial charge in [0.25, 0.3) is 0 Å². The van der Waals surface area contributed by atoms with Crippen molar-refractivity contribution in [3.8, 4) is 0 Å². The van der Waals surface area contributed by atoms with E-state index in [1.54, 1.807) is 19.6 Å². The predicted octanol–water partition coefficient (Wildman–Crippen LogP) is -19.8. The summed E-state index contributed by atoms with van der Waals surface area (Å²) >= 11 is 0. The van der Waals surface area contributed by atoms with Gasteiger partial charge in [-0.15, -0.1) is 0 Å². The standard InChI is InChI=1S/2C22H36N4O14.Ca.2Li/c2*27-15(23-17(19(29)30)20(31)32)13-25-1-5-37-9-10-39-7-3-26(4-8-40-12-11-38-6-2-25)14-16(28)24-18(21(33)34)22(35)36;;;/h2*17-18H,1-14H2,(H,23,27)(H,24,28)(H,29,30)(H,31,32)(H,33,34)(H,35,36);;;/q;;+2;2*+1/p-4. The van der Waals surface area contributed by atoms with Crippen LogP contribution in [0, 0.1) is 0 Å². The molecule has 0 aromatic heterocycles. The average Bonchev–Trinajstić information content (AvgIpc) is 3.37. The van der Waals surface area contributed by atoms with E-state index in [0.29, 0.717) is 0 Å². The number of aliphatic carboxylic acids is 8. The van der Waals surface area contributed by atoms with Gasteiger partial charge in [0.15, 0.2) is 0 Å². The van der Waals surface area contributed by atoms with Crippen molar-refractivity contribution >= 4 is 109 Å². The fourth-order valence-electron chi connectivity index (χ4n) is 6.44. The zero-order chi connectivity index (χ0) is 59.8. The maximum absolute atomic E-state index is 12.2. The Morgan fingerprint density at radius 1 is 0.301 bits per heavy atom. The van der Waals surface area contributed by atoms with Gasteiger partial charge in [-0.1, -0.05) is 0 Å². The average molecular weight is 1210 g/mol. The Kier molecular flexibility index (Phi) is 49.7. The van der Waals surface area contributed by atoms with Crippen molar-refractivity contribution in [1.82, 2.24) is 40.9 Å². The maximum Gasteiger partial charge on any atom is 2.00 e. The first-order chi connectivity index (χ1) is 38.0. The second kappa shape index (κ2) is 49.8. The quantitative estimate of drug-likeness (QED) is 0.0414. The third-order valence-corrected chi connectivity index (χ3v) is 10.5. The van der Waals surface area contributed by atoms with Crippen LogP contribution in [0.25, 0.3) is 0 Å². The molecule has 0 unspecified atom stereocenters. The minimum atomic E-state index is -2.29. The molecule has 2 rings (SSSR count). The van der Waals surface area contributed by atoms with E-state index >= 15 is 0 Å². The third-order valence-electron chi connectivity index (χ3n) is 10.5. The second-order valence-electron chi connectivity index (χ2n) is 16.6. The number of carboxylic acid groups (broad SMARTS) is 8. The van der Waals surface area contributed by atoms with Crippen LogP contribution in [0.1, 0.15) is 0 Å². The molecule has 0 aromatic carbocycles. The van der Waals surface area contributed by atoms with E-state index in [-0.39, 0.29) is 260 Å². The number of carbonyl (C=O) groups excluding carboxylic acids is 8. The summed E-state index contributed by atoms with van der Waals surface area (Å²) in [5.74, 6) is -18.1. The molecule has 0 bridgehead atoms. The maximum atomic E-state index is 12.2. The normalized spacial score (nSPS) is 17.2. The van der Waals surface area contributed by atoms with Crippen LogP contribution in [0.5, 0.6) is 0 Å². The molecular weight excluding hydrogens is 1140 g/mol. The Hall–Kier alpha value is -4.39. The van der Waals surface area contributed by atoms with Gasteiger partial charge in [0, 0.05) is 52.4 Å². The van der Waals surface area contributed by atoms with Crippen LogP contribution in [-0.4, -0.2) is 358 Å². The molecule has 2 saturated heterocycles. The first kappa shape index (κ1) is 82.8. The first-order valence-corrected chi connectivity index (χ1v) is 24.5. The van der Waals surface area contributed by atoms with Gasteiger partial charge in [0.05, 0.1) is 156 Å². The van der Waals surface area contributed by atoms with Crippen molar-refractivity contribution in [2.45, 2.75) is 24.2 Å². The van der Waals surface area contributed by atoms with Gasteiger partial charge >= 0.3 is 99.3 Å². The summed E-state index contributed by atoms with van der Waals surface area (Å²) in [6.45, 7) is 3.42. The van der Waals surface area contributed by atoms with E-state index in [1.807, 2.05) is 21.3 Å². The fourth-order valence-corrected chi connectivity index (χ4v) is 6.44. The Bertz CT molecular complexity index is 1640. The van der Waals surface area contributed by atoms with E-state index in [0.717, 1.165) is 0 Å². The molecule has 39 heteroatoms. The van der Waals surface area contributed by atoms with Crippen molar-refractivity contribution in [1.29, 1.82) is 0 Å². The largest absolute Gasteiger partial charge is 2.00 e. The number of carbonyl (C=O) groups is 12. The third kappa shape index (κ3) is 41.3. The monoisotopic (exact) mass is 1210 g/mol. The van der Waals surface area contributed by atoms with Crippen molar-refractivity contribution in [3.05, 3.63) is 0 Å². The van der Waals surface area contributed by atoms with Crippen LogP contribution in [0.2, 0.25) is 0 Å². The Balaban J connectivity index is -0.00000149. The molecule has 456 valence electrons. The van der Waals surface area contributed by atoms with Gasteiger partial charge < -0.3 is 119 Å². The molecule has 0 radical (unpaired) electrons. The molecule has 4 amide bonds. The molecule has 0 spiro atoms. The van der Waals surface area contributed by atoms with Gasteiger partial charge in [-0.05, 0) is 0 Å². The minimum Gasteiger partial charge on any atom is -0.547 e. The molecule has 2 heterocycles. The van der Waals surface area contributed by atoms with Crippen molar-refractivity contribution in [2.24, 2.45) is 0 Å². The summed E-state index contributed by atoms with van der Waals surface area (Å²) in [7, 11) is 0. The number of amides is 4. The van der Waals surface area contributed by atoms with Gasteiger partial charge in [-0.25, -0.2) is 19.2 Å². The fraction of sp³-hybridized carbons (Fsp3) is 0.727. The number of rotatable bonds is 20. The molecule has 2 fully saturated rings. The summed E-state index contributed by atoms with van der Waals surface area (Å²) in [4.78, 5) is 142. The number of hydrogen-bond donors (Lipinski definition) is 8. The summed E-state index contributed by atoms with van der Waals surface area (Å²) < 4.78 is 43.8.